The Bertz CT molecular complexity index is 669. The number of hydrogen-bond donors (Lipinski definition) is 2. The zero-order chi connectivity index (χ0) is 15.9. The molecule has 0 atom stereocenters. The molecule has 0 bridgehead atoms. The summed E-state index contributed by atoms with van der Waals surface area (Å²) in [4.78, 5) is 23.8. The molecular formula is C17H18N2O3. The van der Waals surface area contributed by atoms with E-state index < -0.39 is 0 Å². The number of carbonyl (C=O) groups excluding carboxylic acids is 2. The van der Waals surface area contributed by atoms with Gasteiger partial charge in [-0.2, -0.15) is 0 Å². The number of rotatable bonds is 4. The summed E-state index contributed by atoms with van der Waals surface area (Å²) < 4.78 is 5.17. The molecule has 2 aromatic rings. The van der Waals surface area contributed by atoms with E-state index in [2.05, 4.69) is 10.9 Å². The molecule has 0 radical (unpaired) electrons. The lowest BCUT2D eigenvalue weighted by atomic mass is 10.1. The first-order chi connectivity index (χ1) is 10.6. The van der Waals surface area contributed by atoms with Crippen LogP contribution < -0.4 is 15.6 Å². The molecule has 0 unspecified atom stereocenters. The lowest BCUT2D eigenvalue weighted by Crippen LogP contribution is -2.42. The summed E-state index contributed by atoms with van der Waals surface area (Å²) in [5.74, 6) is -0.0402. The highest BCUT2D eigenvalue weighted by molar-refractivity contribution is 5.96. The Labute approximate surface area is 129 Å². The van der Waals surface area contributed by atoms with Gasteiger partial charge >= 0.3 is 0 Å². The summed E-state index contributed by atoms with van der Waals surface area (Å²) in [7, 11) is 1.55. The Kier molecular flexibility index (Phi) is 5.14. The highest BCUT2D eigenvalue weighted by atomic mass is 16.5. The molecule has 0 aliphatic carbocycles. The highest BCUT2D eigenvalue weighted by Crippen LogP contribution is 2.18. The van der Waals surface area contributed by atoms with Gasteiger partial charge in [0.25, 0.3) is 5.91 Å². The van der Waals surface area contributed by atoms with Crippen molar-refractivity contribution in [1.29, 1.82) is 0 Å². The van der Waals surface area contributed by atoms with E-state index in [9.17, 15) is 9.59 Å². The second kappa shape index (κ2) is 7.26. The smallest absolute Gasteiger partial charge is 0.269 e. The fourth-order valence-corrected chi connectivity index (χ4v) is 1.99. The van der Waals surface area contributed by atoms with Crippen molar-refractivity contribution in [2.45, 2.75) is 13.3 Å². The van der Waals surface area contributed by atoms with Crippen molar-refractivity contribution in [3.63, 3.8) is 0 Å². The molecule has 2 rings (SSSR count). The molecule has 0 aliphatic rings. The van der Waals surface area contributed by atoms with Crippen LogP contribution in [0.5, 0.6) is 5.75 Å². The predicted octanol–water partition coefficient (Wildman–Crippen LogP) is 2.01. The Hall–Kier alpha value is -2.82. The Morgan fingerprint density at radius 3 is 2.45 bits per heavy atom. The van der Waals surface area contributed by atoms with Crippen LogP contribution in [-0.4, -0.2) is 18.9 Å². The number of ether oxygens (including phenoxy) is 1. The number of nitrogens with one attached hydrogen (secondary N) is 2. The zero-order valence-electron chi connectivity index (χ0n) is 12.6. The van der Waals surface area contributed by atoms with Crippen molar-refractivity contribution < 1.29 is 14.3 Å². The largest absolute Gasteiger partial charge is 0.496 e. The molecule has 22 heavy (non-hydrogen) atoms. The molecule has 0 heterocycles. The number of methoxy groups -OCH3 is 1. The third-order valence-electron chi connectivity index (χ3n) is 3.19. The van der Waals surface area contributed by atoms with E-state index in [-0.39, 0.29) is 18.2 Å². The fraction of sp³-hybridized carbons (Fsp3) is 0.176. The molecule has 0 saturated heterocycles. The molecule has 114 valence electrons. The van der Waals surface area contributed by atoms with Crippen LogP contribution in [0.25, 0.3) is 0 Å². The molecule has 0 fully saturated rings. The number of aryl methyl sites for hydroxylation is 1. The lowest BCUT2D eigenvalue weighted by Gasteiger charge is -2.09. The number of amides is 2. The Balaban J connectivity index is 1.91. The maximum Gasteiger partial charge on any atom is 0.269 e. The van der Waals surface area contributed by atoms with Crippen molar-refractivity contribution in [3.05, 3.63) is 65.2 Å². The van der Waals surface area contributed by atoms with Gasteiger partial charge in [0.15, 0.2) is 0 Å². The minimum atomic E-state index is -0.389. The van der Waals surface area contributed by atoms with Gasteiger partial charge in [-0.3, -0.25) is 20.4 Å². The summed E-state index contributed by atoms with van der Waals surface area (Å²) in [5, 5.41) is 0. The summed E-state index contributed by atoms with van der Waals surface area (Å²) >= 11 is 0. The topological polar surface area (TPSA) is 67.4 Å². The van der Waals surface area contributed by atoms with E-state index >= 15 is 0 Å². The van der Waals surface area contributed by atoms with Crippen LogP contribution in [0.3, 0.4) is 0 Å². The number of carbonyl (C=O) groups is 2. The first-order valence-corrected chi connectivity index (χ1v) is 6.88. The zero-order valence-corrected chi connectivity index (χ0v) is 12.6. The van der Waals surface area contributed by atoms with Crippen molar-refractivity contribution >= 4 is 11.8 Å². The van der Waals surface area contributed by atoms with Crippen molar-refractivity contribution in [2.75, 3.05) is 7.11 Å². The summed E-state index contributed by atoms with van der Waals surface area (Å²) in [6.07, 6.45) is 0.207. The van der Waals surface area contributed by atoms with Gasteiger partial charge < -0.3 is 4.74 Å². The fourth-order valence-electron chi connectivity index (χ4n) is 1.99. The van der Waals surface area contributed by atoms with E-state index in [1.165, 1.54) is 0 Å². The van der Waals surface area contributed by atoms with E-state index in [1.807, 2.05) is 37.3 Å². The number of hydrazine groups is 1. The summed E-state index contributed by atoms with van der Waals surface area (Å²) in [6, 6.07) is 14.4. The maximum absolute atomic E-state index is 12.0. The van der Waals surface area contributed by atoms with Crippen LogP contribution in [0.15, 0.2) is 48.5 Å². The van der Waals surface area contributed by atoms with E-state index in [1.54, 1.807) is 25.3 Å². The molecule has 5 nitrogen and oxygen atoms in total. The van der Waals surface area contributed by atoms with Crippen LogP contribution >= 0.6 is 0 Å². The lowest BCUT2D eigenvalue weighted by molar-refractivity contribution is -0.121. The van der Waals surface area contributed by atoms with Crippen molar-refractivity contribution in [3.8, 4) is 5.75 Å². The van der Waals surface area contributed by atoms with Gasteiger partial charge in [0.1, 0.15) is 5.75 Å². The van der Waals surface area contributed by atoms with Crippen LogP contribution in [0.2, 0.25) is 0 Å². The van der Waals surface area contributed by atoms with Gasteiger partial charge in [-0.15, -0.1) is 0 Å². The number of benzene rings is 2. The van der Waals surface area contributed by atoms with Gasteiger partial charge in [0, 0.05) is 5.56 Å². The van der Waals surface area contributed by atoms with Crippen molar-refractivity contribution in [2.24, 2.45) is 0 Å². The van der Waals surface area contributed by atoms with E-state index in [0.717, 1.165) is 11.1 Å². The van der Waals surface area contributed by atoms with Crippen LogP contribution in [-0.2, 0) is 11.2 Å². The first-order valence-electron chi connectivity index (χ1n) is 6.88. The first kappa shape index (κ1) is 15.6. The standard InChI is InChI=1S/C17H18N2O3/c1-12-8-9-14(11-15(12)22-2)17(21)19-18-16(20)10-13-6-4-3-5-7-13/h3-9,11H,10H2,1-2H3,(H,18,20)(H,19,21). The highest BCUT2D eigenvalue weighted by Gasteiger charge is 2.10. The monoisotopic (exact) mass is 298 g/mol. The van der Waals surface area contributed by atoms with Gasteiger partial charge in [0.2, 0.25) is 5.91 Å². The van der Waals surface area contributed by atoms with Crippen LogP contribution in [0, 0.1) is 6.92 Å². The summed E-state index contributed by atoms with van der Waals surface area (Å²) in [5.41, 5.74) is 7.03. The molecule has 0 spiro atoms. The van der Waals surface area contributed by atoms with Gasteiger partial charge in [-0.25, -0.2) is 0 Å². The van der Waals surface area contributed by atoms with E-state index in [4.69, 9.17) is 4.74 Å². The molecule has 2 N–H and O–H groups in total. The normalized spacial score (nSPS) is 9.91. The third-order valence-corrected chi connectivity index (χ3v) is 3.19. The molecular weight excluding hydrogens is 280 g/mol. The van der Waals surface area contributed by atoms with E-state index in [0.29, 0.717) is 11.3 Å². The quantitative estimate of drug-likeness (QED) is 0.848. The van der Waals surface area contributed by atoms with Gasteiger partial charge in [0.05, 0.1) is 13.5 Å². The van der Waals surface area contributed by atoms with Crippen molar-refractivity contribution in [1.82, 2.24) is 10.9 Å². The minimum absolute atomic E-state index is 0.207. The predicted molar refractivity (Wildman–Crippen MR) is 83.5 cm³/mol. The Morgan fingerprint density at radius 1 is 1.05 bits per heavy atom. The molecule has 0 saturated carbocycles. The van der Waals surface area contributed by atoms with Gasteiger partial charge in [-0.05, 0) is 30.2 Å². The average Bonchev–Trinajstić information content (AvgIpc) is 2.54. The summed E-state index contributed by atoms with van der Waals surface area (Å²) in [6.45, 7) is 1.89. The molecule has 0 aliphatic heterocycles. The van der Waals surface area contributed by atoms with Crippen LogP contribution in [0.4, 0.5) is 0 Å². The average molecular weight is 298 g/mol. The van der Waals surface area contributed by atoms with Crippen LogP contribution in [0.1, 0.15) is 21.5 Å². The molecule has 0 aromatic heterocycles. The molecule has 5 heteroatoms. The van der Waals surface area contributed by atoms with Gasteiger partial charge in [-0.1, -0.05) is 36.4 Å². The minimum Gasteiger partial charge on any atom is -0.496 e. The second-order valence-electron chi connectivity index (χ2n) is 4.85. The SMILES string of the molecule is COc1cc(C(=O)NNC(=O)Cc2ccccc2)ccc1C. The number of hydrogen-bond acceptors (Lipinski definition) is 3. The third kappa shape index (κ3) is 4.09. The molecule has 2 aromatic carbocycles. The maximum atomic E-state index is 12.0. The molecule has 2 amide bonds. The second-order valence-corrected chi connectivity index (χ2v) is 4.85. The Morgan fingerprint density at radius 2 is 1.77 bits per heavy atom.